The van der Waals surface area contributed by atoms with E-state index in [-0.39, 0.29) is 0 Å². The highest BCUT2D eigenvalue weighted by atomic mass is 32.1. The number of alkyl halides is 3. The quantitative estimate of drug-likeness (QED) is 0.733. The minimum atomic E-state index is -4.36. The minimum absolute atomic E-state index is 0.415. The zero-order valence-electron chi connectivity index (χ0n) is 8.38. The van der Waals surface area contributed by atoms with E-state index in [4.69, 9.17) is 0 Å². The lowest BCUT2D eigenvalue weighted by Crippen LogP contribution is -2.03. The van der Waals surface area contributed by atoms with Crippen molar-refractivity contribution in [1.82, 2.24) is 4.98 Å². The molecule has 1 aromatic heterocycles. The molecule has 0 spiro atoms. The Morgan fingerprint density at radius 3 is 2.25 bits per heavy atom. The first-order valence-corrected chi connectivity index (χ1v) is 5.40. The molecule has 0 bridgehead atoms. The van der Waals surface area contributed by atoms with Crippen molar-refractivity contribution in [3.8, 4) is 11.3 Å². The van der Waals surface area contributed by atoms with Crippen LogP contribution in [0.25, 0.3) is 11.3 Å². The number of thiazole rings is 1. The van der Waals surface area contributed by atoms with Gasteiger partial charge in [-0.25, -0.2) is 4.98 Å². The van der Waals surface area contributed by atoms with E-state index in [1.807, 2.05) is 6.07 Å². The van der Waals surface area contributed by atoms with Gasteiger partial charge in [0.15, 0.2) is 5.01 Å². The molecular formula is C11H8F3NS. The number of rotatable bonds is 1. The van der Waals surface area contributed by atoms with E-state index in [9.17, 15) is 13.2 Å². The van der Waals surface area contributed by atoms with Gasteiger partial charge in [0.2, 0.25) is 0 Å². The van der Waals surface area contributed by atoms with Crippen LogP contribution in [0.2, 0.25) is 0 Å². The van der Waals surface area contributed by atoms with Gasteiger partial charge in [-0.15, -0.1) is 11.3 Å². The highest BCUT2D eigenvalue weighted by Crippen LogP contribution is 2.36. The molecule has 0 aliphatic carbocycles. The van der Waals surface area contributed by atoms with Crippen molar-refractivity contribution in [3.63, 3.8) is 0 Å². The first-order chi connectivity index (χ1) is 7.48. The summed E-state index contributed by atoms with van der Waals surface area (Å²) in [5, 5.41) is -0.788. The predicted octanol–water partition coefficient (Wildman–Crippen LogP) is 4.14. The van der Waals surface area contributed by atoms with E-state index in [0.717, 1.165) is 0 Å². The molecule has 0 atom stereocenters. The molecule has 2 rings (SSSR count). The van der Waals surface area contributed by atoms with Gasteiger partial charge < -0.3 is 0 Å². The molecule has 1 nitrogen and oxygen atoms in total. The fourth-order valence-electron chi connectivity index (χ4n) is 1.38. The molecule has 0 N–H and O–H groups in total. The highest BCUT2D eigenvalue weighted by Gasteiger charge is 2.35. The smallest absolute Gasteiger partial charge is 0.232 e. The third kappa shape index (κ3) is 2.09. The Labute approximate surface area is 94.6 Å². The first-order valence-electron chi connectivity index (χ1n) is 4.58. The van der Waals surface area contributed by atoms with Crippen molar-refractivity contribution in [2.24, 2.45) is 0 Å². The molecule has 1 aromatic carbocycles. The van der Waals surface area contributed by atoms with Gasteiger partial charge in [-0.1, -0.05) is 30.3 Å². The lowest BCUT2D eigenvalue weighted by atomic mass is 10.1. The van der Waals surface area contributed by atoms with Crippen LogP contribution in [0.15, 0.2) is 30.3 Å². The van der Waals surface area contributed by atoms with Crippen molar-refractivity contribution < 1.29 is 13.2 Å². The Balaban J connectivity index is 2.48. The van der Waals surface area contributed by atoms with Crippen molar-refractivity contribution >= 4 is 11.3 Å². The fraction of sp³-hybridized carbons (Fsp3) is 0.182. The summed E-state index contributed by atoms with van der Waals surface area (Å²) in [6.07, 6.45) is -4.36. The number of hydrogen-bond acceptors (Lipinski definition) is 2. The summed E-state index contributed by atoms with van der Waals surface area (Å²) in [7, 11) is 0. The van der Waals surface area contributed by atoms with Crippen LogP contribution in [0.5, 0.6) is 0 Å². The molecule has 2 aromatic rings. The van der Waals surface area contributed by atoms with Gasteiger partial charge in [0.25, 0.3) is 0 Å². The summed E-state index contributed by atoms with van der Waals surface area (Å²) in [5.74, 6) is 0. The molecule has 16 heavy (non-hydrogen) atoms. The zero-order chi connectivity index (χ0) is 11.8. The van der Waals surface area contributed by atoms with E-state index in [1.54, 1.807) is 31.2 Å². The minimum Gasteiger partial charge on any atom is -0.232 e. The van der Waals surface area contributed by atoms with Crippen molar-refractivity contribution in [3.05, 3.63) is 40.2 Å². The first kappa shape index (κ1) is 11.1. The summed E-state index contributed by atoms with van der Waals surface area (Å²) in [6, 6.07) is 8.88. The van der Waals surface area contributed by atoms with Crippen molar-refractivity contribution in [2.45, 2.75) is 13.1 Å². The number of aromatic nitrogens is 1. The molecule has 0 unspecified atom stereocenters. The van der Waals surface area contributed by atoms with Crippen LogP contribution in [0.1, 0.15) is 9.88 Å². The standard InChI is InChI=1S/C11H8F3NS/c1-7-9(8-5-3-2-4-6-8)15-10(16-7)11(12,13)14/h2-6H,1H3. The largest absolute Gasteiger partial charge is 0.443 e. The molecule has 0 radical (unpaired) electrons. The Kier molecular flexibility index (Phi) is 2.71. The van der Waals surface area contributed by atoms with E-state index in [0.29, 0.717) is 27.5 Å². The Morgan fingerprint density at radius 1 is 1.12 bits per heavy atom. The van der Waals surface area contributed by atoms with Crippen LogP contribution in [0.4, 0.5) is 13.2 Å². The lowest BCUT2D eigenvalue weighted by molar-refractivity contribution is -0.137. The molecule has 0 saturated heterocycles. The molecule has 0 saturated carbocycles. The van der Waals surface area contributed by atoms with Crippen molar-refractivity contribution in [2.75, 3.05) is 0 Å². The summed E-state index contributed by atoms with van der Waals surface area (Å²) in [4.78, 5) is 4.23. The molecule has 0 amide bonds. The number of hydrogen-bond donors (Lipinski definition) is 0. The topological polar surface area (TPSA) is 12.9 Å². The van der Waals surface area contributed by atoms with Gasteiger partial charge >= 0.3 is 6.18 Å². The molecule has 0 aliphatic rings. The molecule has 0 aliphatic heterocycles. The number of halogens is 3. The zero-order valence-corrected chi connectivity index (χ0v) is 9.19. The normalized spacial score (nSPS) is 11.8. The summed E-state index contributed by atoms with van der Waals surface area (Å²) in [5.41, 5.74) is 1.13. The molecule has 0 fully saturated rings. The van der Waals surface area contributed by atoms with E-state index >= 15 is 0 Å². The summed E-state index contributed by atoms with van der Waals surface area (Å²) in [6.45, 7) is 1.65. The SMILES string of the molecule is Cc1sc(C(F)(F)F)nc1-c1ccccc1. The Hall–Kier alpha value is -1.36. The van der Waals surface area contributed by atoms with Gasteiger partial charge in [0, 0.05) is 10.4 Å². The lowest BCUT2D eigenvalue weighted by Gasteiger charge is -1.99. The molecular weight excluding hydrogens is 235 g/mol. The Bertz CT molecular complexity index is 488. The summed E-state index contributed by atoms with van der Waals surface area (Å²) >= 11 is 0.680. The number of aryl methyl sites for hydroxylation is 1. The maximum absolute atomic E-state index is 12.4. The van der Waals surface area contributed by atoms with Crippen LogP contribution in [-0.2, 0) is 6.18 Å². The van der Waals surface area contributed by atoms with Crippen LogP contribution >= 0.6 is 11.3 Å². The van der Waals surface area contributed by atoms with Gasteiger partial charge in [0.05, 0.1) is 5.69 Å². The average Bonchev–Trinajstić information content (AvgIpc) is 2.61. The number of nitrogens with zero attached hydrogens (tertiary/aromatic N) is 1. The maximum atomic E-state index is 12.4. The molecule has 1 heterocycles. The maximum Gasteiger partial charge on any atom is 0.443 e. The van der Waals surface area contributed by atoms with Crippen LogP contribution in [0.3, 0.4) is 0 Å². The predicted molar refractivity (Wildman–Crippen MR) is 57.3 cm³/mol. The second-order valence-corrected chi connectivity index (χ2v) is 4.49. The second kappa shape index (κ2) is 3.90. The van der Waals surface area contributed by atoms with Crippen LogP contribution in [-0.4, -0.2) is 4.98 Å². The molecule has 5 heteroatoms. The third-order valence-corrected chi connectivity index (χ3v) is 3.10. The second-order valence-electron chi connectivity index (χ2n) is 3.29. The van der Waals surface area contributed by atoms with Crippen LogP contribution < -0.4 is 0 Å². The average molecular weight is 243 g/mol. The van der Waals surface area contributed by atoms with Gasteiger partial charge in [0.1, 0.15) is 0 Å². The Morgan fingerprint density at radius 2 is 1.75 bits per heavy atom. The third-order valence-electron chi connectivity index (χ3n) is 2.09. The van der Waals surface area contributed by atoms with Crippen molar-refractivity contribution in [1.29, 1.82) is 0 Å². The van der Waals surface area contributed by atoms with Gasteiger partial charge in [-0.05, 0) is 6.92 Å². The van der Waals surface area contributed by atoms with Crippen LogP contribution in [0, 0.1) is 6.92 Å². The fourth-order valence-corrected chi connectivity index (χ4v) is 2.18. The summed E-state index contributed by atoms with van der Waals surface area (Å²) < 4.78 is 37.3. The van der Waals surface area contributed by atoms with Gasteiger partial charge in [-0.2, -0.15) is 13.2 Å². The van der Waals surface area contributed by atoms with Gasteiger partial charge in [-0.3, -0.25) is 0 Å². The van der Waals surface area contributed by atoms with E-state index in [2.05, 4.69) is 4.98 Å². The van der Waals surface area contributed by atoms with E-state index < -0.39 is 11.2 Å². The number of benzene rings is 1. The monoisotopic (exact) mass is 243 g/mol. The highest BCUT2D eigenvalue weighted by molar-refractivity contribution is 7.12. The van der Waals surface area contributed by atoms with E-state index in [1.165, 1.54) is 0 Å². The molecule has 84 valence electrons.